The molecule has 0 saturated heterocycles. The summed E-state index contributed by atoms with van der Waals surface area (Å²) in [6, 6.07) is 7.07. The van der Waals surface area contributed by atoms with Gasteiger partial charge in [0.05, 0.1) is 0 Å². The van der Waals surface area contributed by atoms with Crippen LogP contribution < -0.4 is 11.1 Å². The van der Waals surface area contributed by atoms with Crippen molar-refractivity contribution >= 4 is 28.8 Å². The van der Waals surface area contributed by atoms with Gasteiger partial charge in [0.25, 0.3) is 5.91 Å². The molecular formula is C12H16N2O2S. The number of hydrogen-bond donors (Lipinski definition) is 2. The fraction of sp³-hybridized carbons (Fsp3) is 0.333. The maximum Gasteiger partial charge on any atom is 0.256 e. The van der Waals surface area contributed by atoms with Gasteiger partial charge in [0, 0.05) is 18.4 Å². The third-order valence-electron chi connectivity index (χ3n) is 2.46. The molecule has 0 aliphatic rings. The number of methoxy groups -OCH3 is 1. The Morgan fingerprint density at radius 3 is 2.65 bits per heavy atom. The van der Waals surface area contributed by atoms with Crippen molar-refractivity contribution in [3.63, 3.8) is 0 Å². The lowest BCUT2D eigenvalue weighted by Gasteiger charge is -2.21. The second-order valence-electron chi connectivity index (χ2n) is 4.11. The summed E-state index contributed by atoms with van der Waals surface area (Å²) in [5, 5.41) is 2.75. The molecule has 0 radical (unpaired) electrons. The van der Waals surface area contributed by atoms with Crippen molar-refractivity contribution < 1.29 is 9.53 Å². The molecule has 0 aliphatic heterocycles. The predicted molar refractivity (Wildman–Crippen MR) is 72.0 cm³/mol. The lowest BCUT2D eigenvalue weighted by atomic mass is 10.1. The summed E-state index contributed by atoms with van der Waals surface area (Å²) in [7, 11) is 1.49. The van der Waals surface area contributed by atoms with E-state index in [0.717, 1.165) is 0 Å². The Morgan fingerprint density at radius 2 is 2.12 bits per heavy atom. The molecule has 4 nitrogen and oxygen atoms in total. The van der Waals surface area contributed by atoms with Crippen molar-refractivity contribution in [2.75, 3.05) is 12.4 Å². The molecule has 0 atom stereocenters. The molecule has 0 bridgehead atoms. The smallest absolute Gasteiger partial charge is 0.256 e. The van der Waals surface area contributed by atoms with Gasteiger partial charge in [-0.15, -0.1) is 0 Å². The highest BCUT2D eigenvalue weighted by Gasteiger charge is 2.26. The van der Waals surface area contributed by atoms with Crippen LogP contribution in [0.15, 0.2) is 24.3 Å². The van der Waals surface area contributed by atoms with E-state index in [4.69, 9.17) is 22.7 Å². The molecule has 5 heteroatoms. The van der Waals surface area contributed by atoms with Crippen molar-refractivity contribution in [2.24, 2.45) is 5.73 Å². The molecule has 3 N–H and O–H groups in total. The Morgan fingerprint density at radius 1 is 1.47 bits per heavy atom. The van der Waals surface area contributed by atoms with Gasteiger partial charge in [0.2, 0.25) is 0 Å². The number of nitrogens with two attached hydrogens (primary N) is 1. The number of nitrogens with one attached hydrogen (secondary N) is 1. The number of anilines is 1. The fourth-order valence-electron chi connectivity index (χ4n) is 1.12. The fourth-order valence-corrected chi connectivity index (χ4v) is 1.25. The van der Waals surface area contributed by atoms with E-state index in [2.05, 4.69) is 5.32 Å². The van der Waals surface area contributed by atoms with E-state index in [1.807, 2.05) is 0 Å². The van der Waals surface area contributed by atoms with Crippen LogP contribution in [-0.4, -0.2) is 23.6 Å². The standard InChI is InChI=1S/C12H16N2O2S/c1-12(2,16-3)11(15)14-9-6-4-5-8(7-9)10(13)17/h4-7H,1-3H3,(H2,13,17)(H,14,15). The molecule has 1 rings (SSSR count). The van der Waals surface area contributed by atoms with E-state index in [9.17, 15) is 4.79 Å². The number of amides is 1. The summed E-state index contributed by atoms with van der Waals surface area (Å²) in [5.41, 5.74) is 6.00. The van der Waals surface area contributed by atoms with E-state index in [1.54, 1.807) is 38.1 Å². The van der Waals surface area contributed by atoms with Crippen LogP contribution >= 0.6 is 12.2 Å². The first kappa shape index (κ1) is 13.6. The Bertz CT molecular complexity index is 444. The lowest BCUT2D eigenvalue weighted by Crippen LogP contribution is -2.38. The van der Waals surface area contributed by atoms with Gasteiger partial charge in [-0.1, -0.05) is 24.4 Å². The molecule has 0 aliphatic carbocycles. The summed E-state index contributed by atoms with van der Waals surface area (Å²) in [5.74, 6) is -0.222. The van der Waals surface area contributed by atoms with Crippen molar-refractivity contribution in [1.82, 2.24) is 0 Å². The summed E-state index contributed by atoms with van der Waals surface area (Å²) in [4.78, 5) is 12.1. The predicted octanol–water partition coefficient (Wildman–Crippen LogP) is 1.68. The Labute approximate surface area is 106 Å². The molecular weight excluding hydrogens is 236 g/mol. The van der Waals surface area contributed by atoms with Crippen molar-refractivity contribution in [2.45, 2.75) is 19.4 Å². The van der Waals surface area contributed by atoms with Crippen molar-refractivity contribution in [3.05, 3.63) is 29.8 Å². The zero-order chi connectivity index (χ0) is 13.1. The number of carbonyl (C=O) groups is 1. The molecule has 1 amide bonds. The van der Waals surface area contributed by atoms with Crippen LogP contribution in [0.25, 0.3) is 0 Å². The van der Waals surface area contributed by atoms with Crippen LogP contribution in [0, 0.1) is 0 Å². The van der Waals surface area contributed by atoms with Gasteiger partial charge in [0.15, 0.2) is 0 Å². The average molecular weight is 252 g/mol. The normalized spacial score (nSPS) is 11.0. The molecule has 0 saturated carbocycles. The van der Waals surface area contributed by atoms with E-state index in [-0.39, 0.29) is 5.91 Å². The first-order valence-electron chi connectivity index (χ1n) is 5.13. The number of rotatable bonds is 4. The molecule has 1 aromatic rings. The number of ether oxygens (including phenoxy) is 1. The number of hydrogen-bond acceptors (Lipinski definition) is 3. The highest BCUT2D eigenvalue weighted by molar-refractivity contribution is 7.80. The van der Waals surface area contributed by atoms with Crippen LogP contribution in [0.5, 0.6) is 0 Å². The summed E-state index contributed by atoms with van der Waals surface area (Å²) < 4.78 is 5.09. The van der Waals surface area contributed by atoms with Crippen LogP contribution in [0.3, 0.4) is 0 Å². The van der Waals surface area contributed by atoms with Crippen molar-refractivity contribution in [3.8, 4) is 0 Å². The summed E-state index contributed by atoms with van der Waals surface area (Å²) >= 11 is 4.87. The van der Waals surface area contributed by atoms with E-state index in [1.165, 1.54) is 7.11 Å². The number of benzene rings is 1. The van der Waals surface area contributed by atoms with Crippen LogP contribution in [0.2, 0.25) is 0 Å². The largest absolute Gasteiger partial charge is 0.389 e. The molecule has 1 aromatic carbocycles. The maximum atomic E-state index is 11.8. The van der Waals surface area contributed by atoms with Gasteiger partial charge >= 0.3 is 0 Å². The quantitative estimate of drug-likeness (QED) is 0.800. The van der Waals surface area contributed by atoms with Gasteiger partial charge in [-0.2, -0.15) is 0 Å². The first-order chi connectivity index (χ1) is 7.86. The van der Waals surface area contributed by atoms with Crippen LogP contribution in [0.1, 0.15) is 19.4 Å². The molecule has 0 fully saturated rings. The lowest BCUT2D eigenvalue weighted by molar-refractivity contribution is -0.133. The third kappa shape index (κ3) is 3.51. The monoisotopic (exact) mass is 252 g/mol. The minimum Gasteiger partial charge on any atom is -0.389 e. The van der Waals surface area contributed by atoms with Gasteiger partial charge < -0.3 is 15.8 Å². The highest BCUT2D eigenvalue weighted by Crippen LogP contribution is 2.15. The maximum absolute atomic E-state index is 11.8. The van der Waals surface area contributed by atoms with Crippen LogP contribution in [-0.2, 0) is 9.53 Å². The van der Waals surface area contributed by atoms with E-state index < -0.39 is 5.60 Å². The molecule has 0 aromatic heterocycles. The third-order valence-corrected chi connectivity index (χ3v) is 2.70. The average Bonchev–Trinajstić information content (AvgIpc) is 2.29. The van der Waals surface area contributed by atoms with Gasteiger partial charge in [-0.05, 0) is 26.0 Å². The topological polar surface area (TPSA) is 64.3 Å². The van der Waals surface area contributed by atoms with Gasteiger partial charge in [-0.3, -0.25) is 4.79 Å². The molecule has 0 heterocycles. The second-order valence-corrected chi connectivity index (χ2v) is 4.55. The second kappa shape index (κ2) is 5.25. The Balaban J connectivity index is 2.86. The Kier molecular flexibility index (Phi) is 4.20. The summed E-state index contributed by atoms with van der Waals surface area (Å²) in [6.07, 6.45) is 0. The van der Waals surface area contributed by atoms with Gasteiger partial charge in [0.1, 0.15) is 10.6 Å². The summed E-state index contributed by atoms with van der Waals surface area (Å²) in [6.45, 7) is 3.39. The van der Waals surface area contributed by atoms with Crippen LogP contribution in [0.4, 0.5) is 5.69 Å². The zero-order valence-corrected chi connectivity index (χ0v) is 10.9. The number of carbonyl (C=O) groups excluding carboxylic acids is 1. The minimum absolute atomic E-state index is 0.222. The SMILES string of the molecule is COC(C)(C)C(=O)Nc1cccc(C(N)=S)c1. The van der Waals surface area contributed by atoms with E-state index in [0.29, 0.717) is 16.2 Å². The molecule has 92 valence electrons. The first-order valence-corrected chi connectivity index (χ1v) is 5.54. The molecule has 17 heavy (non-hydrogen) atoms. The Hall–Kier alpha value is -1.46. The molecule has 0 unspecified atom stereocenters. The highest BCUT2D eigenvalue weighted by atomic mass is 32.1. The molecule has 0 spiro atoms. The zero-order valence-electron chi connectivity index (χ0n) is 10.1. The van der Waals surface area contributed by atoms with Gasteiger partial charge in [-0.25, -0.2) is 0 Å². The van der Waals surface area contributed by atoms with Crippen molar-refractivity contribution in [1.29, 1.82) is 0 Å². The minimum atomic E-state index is -0.876. The number of thiocarbonyl (C=S) groups is 1. The van der Waals surface area contributed by atoms with E-state index >= 15 is 0 Å².